The molecular formula is C3H9BO2. The van der Waals surface area contributed by atoms with Crippen molar-refractivity contribution >= 4 is 7.12 Å². The van der Waals surface area contributed by atoms with Crippen molar-refractivity contribution in [3.8, 4) is 0 Å². The van der Waals surface area contributed by atoms with Gasteiger partial charge in [-0.15, -0.1) is 0 Å². The summed E-state index contributed by atoms with van der Waals surface area (Å²) in [4.78, 5) is 0. The minimum atomic E-state index is 0. The molecule has 0 atom stereocenters. The van der Waals surface area contributed by atoms with Crippen LogP contribution in [0.15, 0.2) is 0 Å². The van der Waals surface area contributed by atoms with Crippen LogP contribution in [0.3, 0.4) is 0 Å². The Morgan fingerprint density at radius 1 is 1.50 bits per heavy atom. The molecule has 36 valence electrons. The van der Waals surface area contributed by atoms with E-state index in [-0.39, 0.29) is 14.5 Å². The van der Waals surface area contributed by atoms with Crippen molar-refractivity contribution in [1.29, 1.82) is 0 Å². The normalized spacial score (nSPS) is 18.5. The van der Waals surface area contributed by atoms with Gasteiger partial charge in [-0.2, -0.15) is 0 Å². The van der Waals surface area contributed by atoms with E-state index in [1.54, 1.807) is 0 Å². The first-order chi connectivity index (χ1) is 2.39. The number of rotatable bonds is 0. The van der Waals surface area contributed by atoms with Crippen LogP contribution < -0.4 is 0 Å². The van der Waals surface area contributed by atoms with Crippen LogP contribution in [0.2, 0.25) is 6.82 Å². The van der Waals surface area contributed by atoms with Crippen molar-refractivity contribution in [2.24, 2.45) is 0 Å². The van der Waals surface area contributed by atoms with Crippen LogP contribution in [0.5, 0.6) is 0 Å². The molecule has 0 bridgehead atoms. The third kappa shape index (κ3) is 0.991. The first kappa shape index (κ1) is 5.98. The van der Waals surface area contributed by atoms with Crippen molar-refractivity contribution in [1.82, 2.24) is 0 Å². The zero-order valence-corrected chi connectivity index (χ0v) is 3.10. The Labute approximate surface area is 38.6 Å². The second-order valence-corrected chi connectivity index (χ2v) is 1.02. The zero-order chi connectivity index (χ0) is 3.70. The van der Waals surface area contributed by atoms with Crippen LogP contribution in [0.25, 0.3) is 0 Å². The quantitative estimate of drug-likeness (QED) is 0.406. The van der Waals surface area contributed by atoms with Crippen LogP contribution in [0.1, 0.15) is 7.43 Å². The fourth-order valence-corrected chi connectivity index (χ4v) is 0.204. The fourth-order valence-electron chi connectivity index (χ4n) is 0.204. The Morgan fingerprint density at radius 3 is 1.83 bits per heavy atom. The zero-order valence-electron chi connectivity index (χ0n) is 3.10. The van der Waals surface area contributed by atoms with Crippen LogP contribution in [-0.4, -0.2) is 13.9 Å². The monoisotopic (exact) mass is 88.1 g/mol. The molecule has 0 aromatic rings. The van der Waals surface area contributed by atoms with Gasteiger partial charge in [-0.05, 0) is 6.82 Å². The number of hydrogen-bond donors (Lipinski definition) is 0. The molecule has 0 aliphatic carbocycles. The largest absolute Gasteiger partial charge is 0.456 e. The highest BCUT2D eigenvalue weighted by Crippen LogP contribution is 1.97. The second kappa shape index (κ2) is 2.21. The maximum absolute atomic E-state index is 4.71. The summed E-state index contributed by atoms with van der Waals surface area (Å²) in [6, 6.07) is 0. The van der Waals surface area contributed by atoms with Gasteiger partial charge in [0.25, 0.3) is 0 Å². The van der Waals surface area contributed by atoms with Crippen molar-refractivity contribution < 1.29 is 9.31 Å². The van der Waals surface area contributed by atoms with Crippen molar-refractivity contribution in [2.75, 3.05) is 6.79 Å². The molecule has 6 heavy (non-hydrogen) atoms. The molecule has 0 unspecified atom stereocenters. The molecule has 0 spiro atoms. The molecule has 0 amide bonds. The molecule has 1 fully saturated rings. The van der Waals surface area contributed by atoms with E-state index in [1.165, 1.54) is 0 Å². The van der Waals surface area contributed by atoms with Crippen LogP contribution in [-0.2, 0) is 9.31 Å². The standard InChI is InChI=1S/C2H5BO2.CH4/c1-3-4-2-5-3;/h2H2,1H3;1H4. The van der Waals surface area contributed by atoms with Gasteiger partial charge in [0.2, 0.25) is 0 Å². The third-order valence-corrected chi connectivity index (χ3v) is 0.605. The van der Waals surface area contributed by atoms with Crippen LogP contribution in [0.4, 0.5) is 0 Å². The van der Waals surface area contributed by atoms with E-state index in [9.17, 15) is 0 Å². The minimum Gasteiger partial charge on any atom is -0.389 e. The summed E-state index contributed by atoms with van der Waals surface area (Å²) < 4.78 is 9.42. The molecule has 3 heteroatoms. The maximum Gasteiger partial charge on any atom is 0.456 e. The van der Waals surface area contributed by atoms with Gasteiger partial charge in [-0.3, -0.25) is 0 Å². The van der Waals surface area contributed by atoms with Gasteiger partial charge < -0.3 is 9.31 Å². The fraction of sp³-hybridized carbons (Fsp3) is 1.00. The molecule has 0 aromatic heterocycles. The van der Waals surface area contributed by atoms with Crippen molar-refractivity contribution in [3.63, 3.8) is 0 Å². The molecule has 0 saturated carbocycles. The highest BCUT2D eigenvalue weighted by Gasteiger charge is 2.17. The van der Waals surface area contributed by atoms with Crippen LogP contribution >= 0.6 is 0 Å². The minimum absolute atomic E-state index is 0. The lowest BCUT2D eigenvalue weighted by atomic mass is 9.94. The van der Waals surface area contributed by atoms with E-state index in [0.717, 1.165) is 0 Å². The molecule has 1 rings (SSSR count). The molecule has 1 heterocycles. The number of hydrogen-bond acceptors (Lipinski definition) is 2. The topological polar surface area (TPSA) is 18.5 Å². The molecule has 0 radical (unpaired) electrons. The first-order valence-electron chi connectivity index (χ1n) is 1.63. The molecule has 0 aromatic carbocycles. The van der Waals surface area contributed by atoms with E-state index >= 15 is 0 Å². The highest BCUT2D eigenvalue weighted by atomic mass is 16.8. The summed E-state index contributed by atoms with van der Waals surface area (Å²) >= 11 is 0. The summed E-state index contributed by atoms with van der Waals surface area (Å²) in [5.41, 5.74) is 0. The molecule has 1 saturated heterocycles. The predicted molar refractivity (Wildman–Crippen MR) is 25.4 cm³/mol. The second-order valence-electron chi connectivity index (χ2n) is 1.02. The first-order valence-corrected chi connectivity index (χ1v) is 1.63. The lowest BCUT2D eigenvalue weighted by molar-refractivity contribution is -0.00865. The lowest BCUT2D eigenvalue weighted by Crippen LogP contribution is -2.31. The predicted octanol–water partition coefficient (Wildman–Crippen LogP) is 0.745. The average Bonchev–Trinajstić information content (AvgIpc) is 1.30. The summed E-state index contributed by atoms with van der Waals surface area (Å²) in [6.45, 7) is 2.35. The summed E-state index contributed by atoms with van der Waals surface area (Å²) in [5.74, 6) is 0. The van der Waals surface area contributed by atoms with Gasteiger partial charge in [0.05, 0.1) is 0 Å². The lowest BCUT2D eigenvalue weighted by Gasteiger charge is -2.18. The van der Waals surface area contributed by atoms with Gasteiger partial charge in [0.1, 0.15) is 6.79 Å². The van der Waals surface area contributed by atoms with Crippen molar-refractivity contribution in [2.45, 2.75) is 14.2 Å². The van der Waals surface area contributed by atoms with Gasteiger partial charge in [0.15, 0.2) is 0 Å². The van der Waals surface area contributed by atoms with E-state index in [0.29, 0.717) is 6.79 Å². The molecule has 2 nitrogen and oxygen atoms in total. The average molecular weight is 87.9 g/mol. The summed E-state index contributed by atoms with van der Waals surface area (Å²) in [7, 11) is 0.0648. The van der Waals surface area contributed by atoms with Gasteiger partial charge in [-0.25, -0.2) is 0 Å². The Morgan fingerprint density at radius 2 is 1.83 bits per heavy atom. The summed E-state index contributed by atoms with van der Waals surface area (Å²) in [6.07, 6.45) is 0. The highest BCUT2D eigenvalue weighted by molar-refractivity contribution is 6.44. The molecule has 1 aliphatic rings. The van der Waals surface area contributed by atoms with E-state index in [4.69, 9.17) is 9.31 Å². The van der Waals surface area contributed by atoms with E-state index in [2.05, 4.69) is 0 Å². The van der Waals surface area contributed by atoms with Crippen LogP contribution in [0, 0.1) is 0 Å². The van der Waals surface area contributed by atoms with E-state index < -0.39 is 0 Å². The van der Waals surface area contributed by atoms with E-state index in [1.807, 2.05) is 6.82 Å². The Bertz CT molecular complexity index is 35.8. The SMILES string of the molecule is C.CB1OCO1. The van der Waals surface area contributed by atoms with Gasteiger partial charge in [-0.1, -0.05) is 7.43 Å². The summed E-state index contributed by atoms with van der Waals surface area (Å²) in [5, 5.41) is 0. The molecule has 1 aliphatic heterocycles. The smallest absolute Gasteiger partial charge is 0.389 e. The van der Waals surface area contributed by atoms with Crippen molar-refractivity contribution in [3.05, 3.63) is 0 Å². The van der Waals surface area contributed by atoms with Gasteiger partial charge >= 0.3 is 7.12 Å². The Balaban J connectivity index is 0.000000250. The van der Waals surface area contributed by atoms with Gasteiger partial charge in [0, 0.05) is 0 Å². The third-order valence-electron chi connectivity index (χ3n) is 0.605. The molecular weight excluding hydrogens is 78.8 g/mol. The Kier molecular flexibility index (Phi) is 2.20. The molecule has 0 N–H and O–H groups in total. The maximum atomic E-state index is 4.71. The Hall–Kier alpha value is -0.0151.